The van der Waals surface area contributed by atoms with Crippen LogP contribution in [-0.4, -0.2) is 70.8 Å². The molecule has 1 aromatic heterocycles. The lowest BCUT2D eigenvalue weighted by Crippen LogP contribution is -2.51. The van der Waals surface area contributed by atoms with Crippen molar-refractivity contribution >= 4 is 6.03 Å². The molecule has 1 aromatic carbocycles. The summed E-state index contributed by atoms with van der Waals surface area (Å²) in [6.45, 7) is 4.20. The SMILES string of the molecule is CN(C)C(=O)N1CCN(Cc2cn(C)nc2-c2ccccc2)CC1. The fourth-order valence-electron chi connectivity index (χ4n) is 3.11. The van der Waals surface area contributed by atoms with Crippen molar-refractivity contribution < 1.29 is 4.79 Å². The second-order valence-corrected chi connectivity index (χ2v) is 6.48. The van der Waals surface area contributed by atoms with Gasteiger partial charge in [-0.15, -0.1) is 0 Å². The monoisotopic (exact) mass is 327 g/mol. The smallest absolute Gasteiger partial charge is 0.319 e. The topological polar surface area (TPSA) is 44.6 Å². The van der Waals surface area contributed by atoms with Crippen LogP contribution in [0.1, 0.15) is 5.56 Å². The van der Waals surface area contributed by atoms with Gasteiger partial charge in [0.15, 0.2) is 0 Å². The Balaban J connectivity index is 1.67. The Labute approximate surface area is 143 Å². The lowest BCUT2D eigenvalue weighted by molar-refractivity contribution is 0.120. The van der Waals surface area contributed by atoms with Crippen LogP contribution >= 0.6 is 0 Å². The van der Waals surface area contributed by atoms with E-state index in [1.165, 1.54) is 5.56 Å². The Kier molecular flexibility index (Phi) is 4.85. The highest BCUT2D eigenvalue weighted by atomic mass is 16.2. The molecule has 6 nitrogen and oxygen atoms in total. The van der Waals surface area contributed by atoms with Crippen molar-refractivity contribution in [1.82, 2.24) is 24.5 Å². The largest absolute Gasteiger partial charge is 0.331 e. The van der Waals surface area contributed by atoms with E-state index >= 15 is 0 Å². The quantitative estimate of drug-likeness (QED) is 0.865. The van der Waals surface area contributed by atoms with E-state index in [-0.39, 0.29) is 6.03 Å². The number of piperazine rings is 1. The fraction of sp³-hybridized carbons (Fsp3) is 0.444. The molecule has 0 N–H and O–H groups in total. The number of aryl methyl sites for hydroxylation is 1. The number of amides is 2. The van der Waals surface area contributed by atoms with Crippen molar-refractivity contribution in [3.8, 4) is 11.3 Å². The zero-order valence-corrected chi connectivity index (χ0v) is 14.6. The standard InChI is InChI=1S/C18H25N5O/c1-20(2)18(24)23-11-9-22(10-12-23)14-16-13-21(3)19-17(16)15-7-5-4-6-8-15/h4-8,13H,9-12,14H2,1-3H3. The zero-order chi connectivity index (χ0) is 17.1. The number of nitrogens with zero attached hydrogens (tertiary/aromatic N) is 5. The van der Waals surface area contributed by atoms with Gasteiger partial charge in [0.1, 0.15) is 0 Å². The zero-order valence-electron chi connectivity index (χ0n) is 14.6. The number of hydrogen-bond donors (Lipinski definition) is 0. The summed E-state index contributed by atoms with van der Waals surface area (Å²) in [7, 11) is 5.57. The van der Waals surface area contributed by atoms with Crippen LogP contribution in [-0.2, 0) is 13.6 Å². The molecular weight excluding hydrogens is 302 g/mol. The molecule has 2 heterocycles. The summed E-state index contributed by atoms with van der Waals surface area (Å²) < 4.78 is 1.88. The molecule has 0 atom stereocenters. The highest BCUT2D eigenvalue weighted by Crippen LogP contribution is 2.23. The second-order valence-electron chi connectivity index (χ2n) is 6.48. The molecule has 2 amide bonds. The van der Waals surface area contributed by atoms with Crippen LogP contribution in [0.3, 0.4) is 0 Å². The van der Waals surface area contributed by atoms with Crippen molar-refractivity contribution in [3.05, 3.63) is 42.1 Å². The van der Waals surface area contributed by atoms with E-state index in [1.54, 1.807) is 19.0 Å². The molecule has 1 aliphatic rings. The summed E-state index contributed by atoms with van der Waals surface area (Å²) in [6.07, 6.45) is 2.10. The molecule has 1 fully saturated rings. The average molecular weight is 327 g/mol. The molecule has 3 rings (SSSR count). The molecule has 6 heteroatoms. The third-order valence-corrected chi connectivity index (χ3v) is 4.37. The number of benzene rings is 1. The summed E-state index contributed by atoms with van der Waals surface area (Å²) >= 11 is 0. The predicted octanol–water partition coefficient (Wildman–Crippen LogP) is 1.89. The van der Waals surface area contributed by atoms with Gasteiger partial charge >= 0.3 is 6.03 Å². The maximum Gasteiger partial charge on any atom is 0.319 e. The Morgan fingerprint density at radius 3 is 2.42 bits per heavy atom. The molecule has 0 spiro atoms. The first-order valence-electron chi connectivity index (χ1n) is 8.31. The van der Waals surface area contributed by atoms with Crippen molar-refractivity contribution in [3.63, 3.8) is 0 Å². The average Bonchev–Trinajstić information content (AvgIpc) is 2.96. The maximum absolute atomic E-state index is 12.0. The van der Waals surface area contributed by atoms with Crippen LogP contribution in [0.25, 0.3) is 11.3 Å². The normalized spacial score (nSPS) is 15.5. The molecular formula is C18H25N5O. The van der Waals surface area contributed by atoms with E-state index in [1.807, 2.05) is 34.8 Å². The van der Waals surface area contributed by atoms with Gasteiger partial charge in [-0.1, -0.05) is 30.3 Å². The van der Waals surface area contributed by atoms with E-state index in [0.29, 0.717) is 0 Å². The van der Waals surface area contributed by atoms with Gasteiger partial charge in [-0.3, -0.25) is 9.58 Å². The highest BCUT2D eigenvalue weighted by Gasteiger charge is 2.23. The van der Waals surface area contributed by atoms with Crippen LogP contribution in [0.15, 0.2) is 36.5 Å². The van der Waals surface area contributed by atoms with E-state index in [2.05, 4.69) is 28.3 Å². The first-order valence-corrected chi connectivity index (χ1v) is 8.31. The van der Waals surface area contributed by atoms with Crippen LogP contribution in [0.5, 0.6) is 0 Å². The number of rotatable bonds is 3. The summed E-state index contributed by atoms with van der Waals surface area (Å²) in [4.78, 5) is 18.0. The van der Waals surface area contributed by atoms with Gasteiger partial charge < -0.3 is 9.80 Å². The molecule has 0 bridgehead atoms. The maximum atomic E-state index is 12.0. The highest BCUT2D eigenvalue weighted by molar-refractivity contribution is 5.73. The summed E-state index contributed by atoms with van der Waals surface area (Å²) in [6, 6.07) is 10.4. The minimum absolute atomic E-state index is 0.0982. The summed E-state index contributed by atoms with van der Waals surface area (Å²) in [5, 5.41) is 4.63. The molecule has 24 heavy (non-hydrogen) atoms. The molecule has 1 aliphatic heterocycles. The van der Waals surface area contributed by atoms with Crippen LogP contribution in [0.2, 0.25) is 0 Å². The van der Waals surface area contributed by atoms with Crippen molar-refractivity contribution in [2.24, 2.45) is 7.05 Å². The van der Waals surface area contributed by atoms with Gasteiger partial charge in [-0.25, -0.2) is 4.79 Å². The Morgan fingerprint density at radius 2 is 1.79 bits per heavy atom. The van der Waals surface area contributed by atoms with Gasteiger partial charge in [0, 0.05) is 71.2 Å². The Morgan fingerprint density at radius 1 is 1.12 bits per heavy atom. The molecule has 128 valence electrons. The number of carbonyl (C=O) groups excluding carboxylic acids is 1. The van der Waals surface area contributed by atoms with Gasteiger partial charge in [-0.05, 0) is 0 Å². The Hall–Kier alpha value is -2.34. The summed E-state index contributed by atoms with van der Waals surface area (Å²) in [5.41, 5.74) is 3.43. The molecule has 0 aliphatic carbocycles. The van der Waals surface area contributed by atoms with Gasteiger partial charge in [0.2, 0.25) is 0 Å². The molecule has 0 unspecified atom stereocenters. The van der Waals surface area contributed by atoms with Gasteiger partial charge in [0.05, 0.1) is 5.69 Å². The third-order valence-electron chi connectivity index (χ3n) is 4.37. The minimum atomic E-state index is 0.0982. The first kappa shape index (κ1) is 16.5. The number of urea groups is 1. The van der Waals surface area contributed by atoms with E-state index in [4.69, 9.17) is 0 Å². The predicted molar refractivity (Wildman–Crippen MR) is 94.6 cm³/mol. The number of carbonyl (C=O) groups is 1. The minimum Gasteiger partial charge on any atom is -0.331 e. The van der Waals surface area contributed by atoms with Crippen molar-refractivity contribution in [2.45, 2.75) is 6.54 Å². The van der Waals surface area contributed by atoms with Gasteiger partial charge in [0.25, 0.3) is 0 Å². The molecule has 1 saturated heterocycles. The summed E-state index contributed by atoms with van der Waals surface area (Å²) in [5.74, 6) is 0. The van der Waals surface area contributed by atoms with Gasteiger partial charge in [-0.2, -0.15) is 5.10 Å². The van der Waals surface area contributed by atoms with Crippen LogP contribution < -0.4 is 0 Å². The fourth-order valence-corrected chi connectivity index (χ4v) is 3.11. The van der Waals surface area contributed by atoms with Crippen molar-refractivity contribution in [2.75, 3.05) is 40.3 Å². The van der Waals surface area contributed by atoms with E-state index < -0.39 is 0 Å². The number of aromatic nitrogens is 2. The Bertz CT molecular complexity index is 687. The lowest BCUT2D eigenvalue weighted by Gasteiger charge is -2.35. The van der Waals surface area contributed by atoms with Crippen molar-refractivity contribution in [1.29, 1.82) is 0 Å². The van der Waals surface area contributed by atoms with Crippen LogP contribution in [0.4, 0.5) is 4.79 Å². The van der Waals surface area contributed by atoms with E-state index in [9.17, 15) is 4.79 Å². The molecule has 2 aromatic rings. The second kappa shape index (κ2) is 7.05. The van der Waals surface area contributed by atoms with E-state index in [0.717, 1.165) is 44.0 Å². The molecule has 0 saturated carbocycles. The first-order chi connectivity index (χ1) is 11.5. The third kappa shape index (κ3) is 3.59. The molecule has 0 radical (unpaired) electrons. The lowest BCUT2D eigenvalue weighted by atomic mass is 10.1. The van der Waals surface area contributed by atoms with Crippen LogP contribution in [0, 0.1) is 0 Å². The number of hydrogen-bond acceptors (Lipinski definition) is 3.